The van der Waals surface area contributed by atoms with Crippen LogP contribution in [0.25, 0.3) is 0 Å². The Bertz CT molecular complexity index is 406. The van der Waals surface area contributed by atoms with Crippen LogP contribution in [0.4, 0.5) is 0 Å². The fourth-order valence-corrected chi connectivity index (χ4v) is 2.04. The molecule has 1 atom stereocenters. The number of hydrogen-bond donors (Lipinski definition) is 1. The lowest BCUT2D eigenvalue weighted by Gasteiger charge is -2.25. The van der Waals surface area contributed by atoms with Crippen LogP contribution in [0, 0.1) is 12.3 Å². The highest BCUT2D eigenvalue weighted by atomic mass is 16.5. The fourth-order valence-electron chi connectivity index (χ4n) is 2.04. The van der Waals surface area contributed by atoms with Crippen molar-refractivity contribution in [3.05, 3.63) is 41.6 Å². The number of allylic oxidation sites excluding steroid dienone is 1. The second-order valence-corrected chi connectivity index (χ2v) is 3.85. The number of aliphatic hydroxyl groups excluding tert-OH is 1. The standard InChI is InChI=1S/C12H14NO3/c1-13-5-10-8(7-14)3-4-9(10)11(6-13)12(15)16-2/h3-6,9,14H,7H2,1-2H3/t9-/m0/s1. The first-order valence-corrected chi connectivity index (χ1v) is 5.06. The van der Waals surface area contributed by atoms with Crippen LogP contribution in [0.1, 0.15) is 0 Å². The molecule has 85 valence electrons. The number of carbonyl (C=O) groups excluding carboxylic acids is 1. The maximum atomic E-state index is 11.6. The Morgan fingerprint density at radius 2 is 2.31 bits per heavy atom. The van der Waals surface area contributed by atoms with Crippen molar-refractivity contribution < 1.29 is 14.6 Å². The second kappa shape index (κ2) is 4.14. The third kappa shape index (κ3) is 1.65. The molecule has 2 rings (SSSR count). The van der Waals surface area contributed by atoms with Crippen LogP contribution in [0.2, 0.25) is 0 Å². The van der Waals surface area contributed by atoms with E-state index >= 15 is 0 Å². The van der Waals surface area contributed by atoms with Gasteiger partial charge >= 0.3 is 5.97 Å². The summed E-state index contributed by atoms with van der Waals surface area (Å²) in [5.74, 6) is -0.405. The van der Waals surface area contributed by atoms with Crippen LogP contribution in [-0.4, -0.2) is 36.7 Å². The Balaban J connectivity index is 2.31. The van der Waals surface area contributed by atoms with E-state index in [4.69, 9.17) is 4.74 Å². The van der Waals surface area contributed by atoms with Gasteiger partial charge in [0.1, 0.15) is 0 Å². The van der Waals surface area contributed by atoms with Gasteiger partial charge in [0.25, 0.3) is 0 Å². The number of nitrogens with zero attached hydrogens (tertiary/aromatic N) is 1. The second-order valence-electron chi connectivity index (χ2n) is 3.85. The Labute approximate surface area is 94.5 Å². The smallest absolute Gasteiger partial charge is 0.335 e. The summed E-state index contributed by atoms with van der Waals surface area (Å²) in [6, 6.07) is 0. The molecule has 16 heavy (non-hydrogen) atoms. The number of aliphatic hydroxyl groups is 1. The molecule has 0 saturated carbocycles. The van der Waals surface area contributed by atoms with Gasteiger partial charge in [-0.05, 0) is 17.6 Å². The van der Waals surface area contributed by atoms with Gasteiger partial charge in [-0.1, -0.05) is 6.08 Å². The van der Waals surface area contributed by atoms with Crippen molar-refractivity contribution in [3.63, 3.8) is 0 Å². The summed E-state index contributed by atoms with van der Waals surface area (Å²) in [5.41, 5.74) is 2.42. The van der Waals surface area contributed by atoms with E-state index in [1.165, 1.54) is 7.11 Å². The number of methoxy groups -OCH3 is 1. The van der Waals surface area contributed by atoms with Gasteiger partial charge in [-0.2, -0.15) is 0 Å². The third-order valence-corrected chi connectivity index (χ3v) is 2.81. The molecule has 4 nitrogen and oxygen atoms in total. The molecule has 0 fully saturated rings. The van der Waals surface area contributed by atoms with Crippen molar-refractivity contribution in [3.8, 4) is 0 Å². The largest absolute Gasteiger partial charge is 0.466 e. The zero-order chi connectivity index (χ0) is 11.7. The summed E-state index contributed by atoms with van der Waals surface area (Å²) in [4.78, 5) is 13.4. The van der Waals surface area contributed by atoms with Crippen molar-refractivity contribution in [2.45, 2.75) is 0 Å². The Morgan fingerprint density at radius 3 is 2.94 bits per heavy atom. The first kappa shape index (κ1) is 11.0. The molecule has 0 aromatic heterocycles. The van der Waals surface area contributed by atoms with E-state index in [2.05, 4.69) is 0 Å². The van der Waals surface area contributed by atoms with E-state index in [1.807, 2.05) is 25.7 Å². The van der Waals surface area contributed by atoms with Gasteiger partial charge in [0.2, 0.25) is 0 Å². The quantitative estimate of drug-likeness (QED) is 0.693. The predicted octanol–water partition coefficient (Wildman–Crippen LogP) is 0.625. The maximum Gasteiger partial charge on any atom is 0.335 e. The van der Waals surface area contributed by atoms with E-state index in [9.17, 15) is 9.90 Å². The minimum absolute atomic E-state index is 0.0128. The molecule has 0 aromatic carbocycles. The highest BCUT2D eigenvalue weighted by molar-refractivity contribution is 5.91. The molecule has 0 aromatic rings. The summed E-state index contributed by atoms with van der Waals surface area (Å²) >= 11 is 0. The first-order valence-electron chi connectivity index (χ1n) is 5.06. The normalized spacial score (nSPS) is 23.3. The summed E-state index contributed by atoms with van der Waals surface area (Å²) < 4.78 is 4.75. The minimum atomic E-state index is -0.328. The molecule has 1 aliphatic heterocycles. The molecular formula is C12H14NO3. The Kier molecular flexibility index (Phi) is 2.83. The molecule has 2 aliphatic rings. The number of esters is 1. The van der Waals surface area contributed by atoms with Gasteiger partial charge < -0.3 is 14.7 Å². The zero-order valence-corrected chi connectivity index (χ0v) is 9.30. The lowest BCUT2D eigenvalue weighted by molar-refractivity contribution is -0.136. The number of ether oxygens (including phenoxy) is 1. The number of fused-ring (bicyclic) bond motifs is 1. The van der Waals surface area contributed by atoms with E-state index in [0.29, 0.717) is 5.57 Å². The predicted molar refractivity (Wildman–Crippen MR) is 58.9 cm³/mol. The first-order chi connectivity index (χ1) is 7.67. The lowest BCUT2D eigenvalue weighted by atomic mass is 9.89. The van der Waals surface area contributed by atoms with Gasteiger partial charge in [-0.15, -0.1) is 0 Å². The number of carbonyl (C=O) groups is 1. The summed E-state index contributed by atoms with van der Waals surface area (Å²) in [6.45, 7) is -0.0128. The maximum absolute atomic E-state index is 11.6. The third-order valence-electron chi connectivity index (χ3n) is 2.81. The van der Waals surface area contributed by atoms with E-state index in [1.54, 1.807) is 11.1 Å². The Morgan fingerprint density at radius 1 is 1.56 bits per heavy atom. The molecule has 1 radical (unpaired) electrons. The molecule has 1 N–H and O–H groups in total. The summed E-state index contributed by atoms with van der Waals surface area (Å²) in [6.07, 6.45) is 7.44. The molecule has 1 aliphatic carbocycles. The summed E-state index contributed by atoms with van der Waals surface area (Å²) in [5, 5.41) is 9.19. The molecule has 4 heteroatoms. The Hall–Kier alpha value is -1.55. The minimum Gasteiger partial charge on any atom is -0.466 e. The topological polar surface area (TPSA) is 49.8 Å². The zero-order valence-electron chi connectivity index (χ0n) is 9.30. The van der Waals surface area contributed by atoms with Crippen LogP contribution < -0.4 is 0 Å². The molecule has 0 unspecified atom stereocenters. The van der Waals surface area contributed by atoms with Crippen LogP contribution in [0.15, 0.2) is 35.2 Å². The van der Waals surface area contributed by atoms with Crippen molar-refractivity contribution >= 4 is 5.97 Å². The van der Waals surface area contributed by atoms with Crippen molar-refractivity contribution in [2.75, 3.05) is 20.8 Å². The lowest BCUT2D eigenvalue weighted by Crippen LogP contribution is -2.23. The monoisotopic (exact) mass is 220 g/mol. The van der Waals surface area contributed by atoms with Crippen molar-refractivity contribution in [2.24, 2.45) is 5.92 Å². The summed E-state index contributed by atoms with van der Waals surface area (Å²) in [7, 11) is 3.22. The van der Waals surface area contributed by atoms with Crippen molar-refractivity contribution in [1.29, 1.82) is 0 Å². The highest BCUT2D eigenvalue weighted by Crippen LogP contribution is 2.38. The van der Waals surface area contributed by atoms with Gasteiger partial charge in [-0.3, -0.25) is 0 Å². The van der Waals surface area contributed by atoms with Crippen LogP contribution in [0.5, 0.6) is 0 Å². The average Bonchev–Trinajstić information content (AvgIpc) is 2.69. The molecular weight excluding hydrogens is 206 g/mol. The van der Waals surface area contributed by atoms with Gasteiger partial charge in [-0.25, -0.2) is 4.79 Å². The molecule has 0 bridgehead atoms. The van der Waals surface area contributed by atoms with Gasteiger partial charge in [0.15, 0.2) is 0 Å². The fraction of sp³-hybridized carbons (Fsp3) is 0.333. The van der Waals surface area contributed by atoms with Gasteiger partial charge in [0, 0.05) is 25.4 Å². The van der Waals surface area contributed by atoms with Crippen LogP contribution >= 0.6 is 0 Å². The average molecular weight is 220 g/mol. The molecule has 0 saturated heterocycles. The molecule has 1 heterocycles. The molecule has 0 spiro atoms. The van der Waals surface area contributed by atoms with Gasteiger partial charge in [0.05, 0.1) is 19.3 Å². The van der Waals surface area contributed by atoms with Crippen LogP contribution in [0.3, 0.4) is 0 Å². The number of rotatable bonds is 2. The van der Waals surface area contributed by atoms with Crippen molar-refractivity contribution in [1.82, 2.24) is 4.90 Å². The SMILES string of the molecule is COC(=O)C1=CN(C)C=C2C(CO)=C[CH][C@H]12. The number of hydrogen-bond acceptors (Lipinski definition) is 4. The molecule has 0 amide bonds. The van der Waals surface area contributed by atoms with E-state index < -0.39 is 0 Å². The van der Waals surface area contributed by atoms with E-state index in [-0.39, 0.29) is 18.5 Å². The van der Waals surface area contributed by atoms with Crippen LogP contribution in [-0.2, 0) is 9.53 Å². The van der Waals surface area contributed by atoms with E-state index in [0.717, 1.165) is 11.1 Å². The highest BCUT2D eigenvalue weighted by Gasteiger charge is 2.33.